The molecule has 0 aromatic heterocycles. The van der Waals surface area contributed by atoms with Crippen LogP contribution in [0.1, 0.15) is 23.2 Å². The molecule has 1 nitrogen and oxygen atoms in total. The van der Waals surface area contributed by atoms with Crippen molar-refractivity contribution in [3.63, 3.8) is 0 Å². The Balaban J connectivity index is 2.50. The molecule has 0 saturated heterocycles. The van der Waals surface area contributed by atoms with Gasteiger partial charge in [-0.3, -0.25) is 4.79 Å². The van der Waals surface area contributed by atoms with E-state index in [2.05, 4.69) is 31.9 Å². The van der Waals surface area contributed by atoms with Gasteiger partial charge in [0, 0.05) is 12.0 Å². The second-order valence-corrected chi connectivity index (χ2v) is 6.16. The van der Waals surface area contributed by atoms with Gasteiger partial charge in [0.05, 0.1) is 3.74 Å². The van der Waals surface area contributed by atoms with Crippen LogP contribution >= 0.6 is 31.9 Å². The summed E-state index contributed by atoms with van der Waals surface area (Å²) < 4.78 is 0.229. The molecule has 3 heteroatoms. The van der Waals surface area contributed by atoms with Gasteiger partial charge in [-0.1, -0.05) is 62.2 Å². The summed E-state index contributed by atoms with van der Waals surface area (Å²) in [6.07, 6.45) is 1.39. The Morgan fingerprint density at radius 3 is 2.38 bits per heavy atom. The number of carbonyl (C=O) groups excluding carboxylic acids is 1. The molecule has 0 N–H and O–H groups in total. The van der Waals surface area contributed by atoms with Crippen molar-refractivity contribution >= 4 is 37.6 Å². The van der Waals surface area contributed by atoms with E-state index in [1.54, 1.807) is 0 Å². The second-order valence-electron chi connectivity index (χ2n) is 2.72. The van der Waals surface area contributed by atoms with Gasteiger partial charge >= 0.3 is 0 Å². The Morgan fingerprint density at radius 2 is 1.85 bits per heavy atom. The van der Waals surface area contributed by atoms with Gasteiger partial charge in [-0.05, 0) is 6.42 Å². The Labute approximate surface area is 94.8 Å². The number of hydrogen-bond donors (Lipinski definition) is 0. The molecule has 0 aliphatic rings. The molecule has 13 heavy (non-hydrogen) atoms. The molecule has 0 amide bonds. The number of alkyl halides is 2. The van der Waals surface area contributed by atoms with Crippen molar-refractivity contribution in [1.29, 1.82) is 0 Å². The maximum Gasteiger partial charge on any atom is 0.162 e. The van der Waals surface area contributed by atoms with Crippen LogP contribution in [0.2, 0.25) is 0 Å². The van der Waals surface area contributed by atoms with Gasteiger partial charge in [0.1, 0.15) is 0 Å². The number of benzene rings is 1. The fraction of sp³-hybridized carbons (Fsp3) is 0.300. The first-order valence-electron chi connectivity index (χ1n) is 4.06. The zero-order valence-corrected chi connectivity index (χ0v) is 10.2. The molecule has 1 aromatic rings. The first kappa shape index (κ1) is 10.9. The highest BCUT2D eigenvalue weighted by Crippen LogP contribution is 2.16. The third kappa shape index (κ3) is 4.05. The van der Waals surface area contributed by atoms with Crippen LogP contribution in [-0.4, -0.2) is 9.52 Å². The summed E-state index contributed by atoms with van der Waals surface area (Å²) in [6.45, 7) is 0. The average Bonchev–Trinajstić information content (AvgIpc) is 2.15. The number of carbonyl (C=O) groups is 1. The third-order valence-corrected chi connectivity index (χ3v) is 2.60. The van der Waals surface area contributed by atoms with Crippen molar-refractivity contribution in [2.75, 3.05) is 0 Å². The largest absolute Gasteiger partial charge is 0.294 e. The van der Waals surface area contributed by atoms with Gasteiger partial charge in [-0.25, -0.2) is 0 Å². The van der Waals surface area contributed by atoms with Crippen molar-refractivity contribution in [1.82, 2.24) is 0 Å². The van der Waals surface area contributed by atoms with Gasteiger partial charge in [0.25, 0.3) is 0 Å². The minimum atomic E-state index is 0.199. The first-order valence-corrected chi connectivity index (χ1v) is 5.89. The summed E-state index contributed by atoms with van der Waals surface area (Å²) in [5.41, 5.74) is 0.795. The van der Waals surface area contributed by atoms with Crippen molar-refractivity contribution in [2.45, 2.75) is 16.6 Å². The Bertz CT molecular complexity index is 270. The summed E-state index contributed by atoms with van der Waals surface area (Å²) in [6, 6.07) is 9.37. The Hall–Kier alpha value is -0.150. The predicted molar refractivity (Wildman–Crippen MR) is 61.6 cm³/mol. The van der Waals surface area contributed by atoms with Gasteiger partial charge < -0.3 is 0 Å². The van der Waals surface area contributed by atoms with Crippen LogP contribution in [0.4, 0.5) is 0 Å². The third-order valence-electron chi connectivity index (χ3n) is 1.69. The minimum absolute atomic E-state index is 0.199. The highest BCUT2D eigenvalue weighted by molar-refractivity contribution is 9.24. The molecule has 1 rings (SSSR count). The van der Waals surface area contributed by atoms with Gasteiger partial charge in [-0.2, -0.15) is 0 Å². The number of ketones is 1. The minimum Gasteiger partial charge on any atom is -0.294 e. The molecule has 0 radical (unpaired) electrons. The predicted octanol–water partition coefficient (Wildman–Crippen LogP) is 3.77. The lowest BCUT2D eigenvalue weighted by Gasteiger charge is -2.01. The second kappa shape index (κ2) is 5.55. The Kier molecular flexibility index (Phi) is 4.67. The summed E-state index contributed by atoms with van der Waals surface area (Å²) >= 11 is 6.68. The molecule has 0 atom stereocenters. The number of rotatable bonds is 4. The highest BCUT2D eigenvalue weighted by atomic mass is 79.9. The molecular weight excluding hydrogens is 296 g/mol. The zero-order chi connectivity index (χ0) is 9.68. The van der Waals surface area contributed by atoms with Crippen LogP contribution in [0.5, 0.6) is 0 Å². The standard InChI is InChI=1S/C10H10Br2O/c11-10(12)7-6-9(13)8-4-2-1-3-5-8/h1-5,10H,6-7H2. The molecular formula is C10H10Br2O. The SMILES string of the molecule is O=C(CCC(Br)Br)c1ccccc1. The van der Waals surface area contributed by atoms with E-state index in [4.69, 9.17) is 0 Å². The van der Waals surface area contributed by atoms with Gasteiger partial charge in [0.15, 0.2) is 5.78 Å². The van der Waals surface area contributed by atoms with Crippen LogP contribution in [0.3, 0.4) is 0 Å². The van der Waals surface area contributed by atoms with Crippen molar-refractivity contribution in [3.05, 3.63) is 35.9 Å². The smallest absolute Gasteiger partial charge is 0.162 e. The van der Waals surface area contributed by atoms with E-state index in [0.29, 0.717) is 6.42 Å². The van der Waals surface area contributed by atoms with E-state index in [0.717, 1.165) is 12.0 Å². The van der Waals surface area contributed by atoms with Gasteiger partial charge in [0.2, 0.25) is 0 Å². The molecule has 0 aliphatic heterocycles. The number of hydrogen-bond acceptors (Lipinski definition) is 1. The highest BCUT2D eigenvalue weighted by Gasteiger charge is 2.06. The van der Waals surface area contributed by atoms with E-state index in [9.17, 15) is 4.79 Å². The van der Waals surface area contributed by atoms with Crippen LogP contribution < -0.4 is 0 Å². The quantitative estimate of drug-likeness (QED) is 0.611. The van der Waals surface area contributed by atoms with Crippen molar-refractivity contribution < 1.29 is 4.79 Å². The molecule has 0 aliphatic carbocycles. The lowest BCUT2D eigenvalue weighted by atomic mass is 10.1. The molecule has 0 fully saturated rings. The first-order chi connectivity index (χ1) is 6.20. The summed E-state index contributed by atoms with van der Waals surface area (Å²) in [5.74, 6) is 0.199. The monoisotopic (exact) mass is 304 g/mol. The van der Waals surface area contributed by atoms with E-state index in [1.165, 1.54) is 0 Å². The molecule has 0 saturated carbocycles. The van der Waals surface area contributed by atoms with Crippen LogP contribution in [0.15, 0.2) is 30.3 Å². The maximum atomic E-state index is 11.5. The van der Waals surface area contributed by atoms with Crippen LogP contribution in [0, 0.1) is 0 Å². The summed E-state index contributed by atoms with van der Waals surface area (Å²) in [5, 5.41) is 0. The number of Topliss-reactive ketones (excluding diaryl/α,β-unsaturated/α-hetero) is 1. The molecule has 1 aromatic carbocycles. The van der Waals surface area contributed by atoms with E-state index < -0.39 is 0 Å². The van der Waals surface area contributed by atoms with Crippen LogP contribution in [0.25, 0.3) is 0 Å². The Morgan fingerprint density at radius 1 is 1.23 bits per heavy atom. The van der Waals surface area contributed by atoms with E-state index >= 15 is 0 Å². The zero-order valence-electron chi connectivity index (χ0n) is 7.04. The van der Waals surface area contributed by atoms with Crippen molar-refractivity contribution in [3.8, 4) is 0 Å². The topological polar surface area (TPSA) is 17.1 Å². The summed E-state index contributed by atoms with van der Waals surface area (Å²) in [7, 11) is 0. The fourth-order valence-corrected chi connectivity index (χ4v) is 1.47. The lowest BCUT2D eigenvalue weighted by Crippen LogP contribution is -2.00. The van der Waals surface area contributed by atoms with Crippen molar-refractivity contribution in [2.24, 2.45) is 0 Å². The average molecular weight is 306 g/mol. The molecule has 70 valence electrons. The fourth-order valence-electron chi connectivity index (χ4n) is 1.01. The van der Waals surface area contributed by atoms with Gasteiger partial charge in [-0.15, -0.1) is 0 Å². The lowest BCUT2D eigenvalue weighted by molar-refractivity contribution is 0.0981. The molecule has 0 unspecified atom stereocenters. The summed E-state index contributed by atoms with van der Waals surface area (Å²) in [4.78, 5) is 11.5. The number of halogens is 2. The van der Waals surface area contributed by atoms with Crippen LogP contribution in [-0.2, 0) is 0 Å². The molecule has 0 bridgehead atoms. The van der Waals surface area contributed by atoms with E-state index in [1.807, 2.05) is 30.3 Å². The maximum absolute atomic E-state index is 11.5. The molecule has 0 spiro atoms. The van der Waals surface area contributed by atoms with E-state index in [-0.39, 0.29) is 9.52 Å². The molecule has 0 heterocycles. The normalized spacial score (nSPS) is 10.4.